The average molecular weight is 328 g/mol. The molecule has 0 N–H and O–H groups in total. The van der Waals surface area contributed by atoms with Gasteiger partial charge in [0.2, 0.25) is 0 Å². The summed E-state index contributed by atoms with van der Waals surface area (Å²) in [5, 5.41) is 0.163. The lowest BCUT2D eigenvalue weighted by atomic mass is 9.98. The maximum Gasteiger partial charge on any atom is 0.283 e. The van der Waals surface area contributed by atoms with E-state index in [9.17, 15) is 4.79 Å². The smallest absolute Gasteiger partial charge is 0.283 e. The molecule has 0 bridgehead atoms. The molecule has 0 saturated heterocycles. The van der Waals surface area contributed by atoms with Crippen molar-refractivity contribution in [1.82, 2.24) is 4.90 Å². The number of nitrogens with zero attached hydrogens (tertiary/aromatic N) is 1. The van der Waals surface area contributed by atoms with Crippen molar-refractivity contribution in [2.45, 2.75) is 85.1 Å². The first kappa shape index (κ1) is 20.6. The van der Waals surface area contributed by atoms with Crippen LogP contribution >= 0.6 is 11.8 Å². The maximum atomic E-state index is 12.7. The standard InChI is InChI=1S/C17H33NOSSi/c1-13(2)18(14(3)4)16(19)20-15(21(8,9)10)11-12-17(5,6)7/h13-15H,1-10H3. The topological polar surface area (TPSA) is 20.3 Å². The van der Waals surface area contributed by atoms with Gasteiger partial charge < -0.3 is 4.90 Å². The number of rotatable bonds is 4. The average Bonchev–Trinajstić information content (AvgIpc) is 2.19. The predicted octanol–water partition coefficient (Wildman–Crippen LogP) is 5.25. The zero-order valence-electron chi connectivity index (χ0n) is 15.5. The summed E-state index contributed by atoms with van der Waals surface area (Å²) in [6.45, 7) is 21.5. The summed E-state index contributed by atoms with van der Waals surface area (Å²) in [6.07, 6.45) is 0. The van der Waals surface area contributed by atoms with Crippen LogP contribution in [0.3, 0.4) is 0 Å². The molecule has 0 saturated carbocycles. The van der Waals surface area contributed by atoms with E-state index in [-0.39, 0.29) is 27.6 Å². The minimum absolute atomic E-state index is 0.0166. The number of hydrogen-bond donors (Lipinski definition) is 0. The summed E-state index contributed by atoms with van der Waals surface area (Å²) >= 11 is 1.43. The molecule has 0 aromatic heterocycles. The zero-order valence-corrected chi connectivity index (χ0v) is 17.3. The van der Waals surface area contributed by atoms with Gasteiger partial charge in [-0.15, -0.1) is 0 Å². The van der Waals surface area contributed by atoms with Gasteiger partial charge >= 0.3 is 0 Å². The number of thioether (sulfide) groups is 1. The summed E-state index contributed by atoms with van der Waals surface area (Å²) in [5.74, 6) is 6.71. The van der Waals surface area contributed by atoms with E-state index in [1.165, 1.54) is 11.8 Å². The van der Waals surface area contributed by atoms with E-state index in [1.54, 1.807) is 0 Å². The van der Waals surface area contributed by atoms with E-state index in [4.69, 9.17) is 0 Å². The molecular weight excluding hydrogens is 294 g/mol. The van der Waals surface area contributed by atoms with Gasteiger partial charge in [0.05, 0.1) is 12.9 Å². The third kappa shape index (κ3) is 7.97. The largest absolute Gasteiger partial charge is 0.329 e. The molecular formula is C17H33NOSSi. The molecule has 1 atom stereocenters. The number of amides is 1. The van der Waals surface area contributed by atoms with E-state index in [0.717, 1.165) is 0 Å². The second kappa shape index (κ2) is 7.74. The van der Waals surface area contributed by atoms with E-state index in [1.807, 2.05) is 4.90 Å². The Balaban J connectivity index is 5.23. The van der Waals surface area contributed by atoms with Gasteiger partial charge in [0.25, 0.3) is 5.24 Å². The van der Waals surface area contributed by atoms with Crippen LogP contribution < -0.4 is 0 Å². The van der Waals surface area contributed by atoms with Crippen molar-refractivity contribution in [1.29, 1.82) is 0 Å². The highest BCUT2D eigenvalue weighted by molar-refractivity contribution is 8.15. The van der Waals surface area contributed by atoms with Crippen LogP contribution in [0, 0.1) is 17.3 Å². The van der Waals surface area contributed by atoms with Gasteiger partial charge in [-0.05, 0) is 48.5 Å². The van der Waals surface area contributed by atoms with E-state index >= 15 is 0 Å². The normalized spacial score (nSPS) is 13.9. The van der Waals surface area contributed by atoms with Crippen LogP contribution in [0.25, 0.3) is 0 Å². The van der Waals surface area contributed by atoms with Crippen LogP contribution in [-0.2, 0) is 0 Å². The van der Waals surface area contributed by atoms with Crippen LogP contribution in [0.2, 0.25) is 19.6 Å². The first-order valence-corrected chi connectivity index (χ1v) is 12.2. The molecule has 21 heavy (non-hydrogen) atoms. The molecule has 0 aromatic rings. The van der Waals surface area contributed by atoms with Crippen molar-refractivity contribution < 1.29 is 4.79 Å². The molecule has 0 aliphatic heterocycles. The molecule has 4 heteroatoms. The predicted molar refractivity (Wildman–Crippen MR) is 99.5 cm³/mol. The molecule has 122 valence electrons. The Bertz CT molecular complexity index is 399. The Kier molecular flexibility index (Phi) is 7.59. The third-order valence-electron chi connectivity index (χ3n) is 2.91. The Morgan fingerprint density at radius 2 is 1.48 bits per heavy atom. The van der Waals surface area contributed by atoms with Gasteiger partial charge in [0.15, 0.2) is 0 Å². The Morgan fingerprint density at radius 3 is 1.76 bits per heavy atom. The van der Waals surface area contributed by atoms with E-state index in [0.29, 0.717) is 0 Å². The molecule has 0 rings (SSSR count). The second-order valence-electron chi connectivity index (χ2n) is 8.24. The molecule has 0 radical (unpaired) electrons. The van der Waals surface area contributed by atoms with E-state index < -0.39 is 8.07 Å². The minimum Gasteiger partial charge on any atom is -0.329 e. The molecule has 2 nitrogen and oxygen atoms in total. The lowest BCUT2D eigenvalue weighted by Gasteiger charge is -2.33. The van der Waals surface area contributed by atoms with Crippen molar-refractivity contribution in [3.8, 4) is 11.8 Å². The van der Waals surface area contributed by atoms with Crippen LogP contribution in [0.15, 0.2) is 0 Å². The highest BCUT2D eigenvalue weighted by Gasteiger charge is 2.31. The highest BCUT2D eigenvalue weighted by atomic mass is 32.2. The van der Waals surface area contributed by atoms with Crippen molar-refractivity contribution in [3.63, 3.8) is 0 Å². The van der Waals surface area contributed by atoms with Crippen LogP contribution in [0.5, 0.6) is 0 Å². The summed E-state index contributed by atoms with van der Waals surface area (Å²) in [6, 6.07) is 0.450. The minimum atomic E-state index is -1.52. The fourth-order valence-electron chi connectivity index (χ4n) is 1.88. The molecule has 0 aliphatic rings. The molecule has 0 heterocycles. The van der Waals surface area contributed by atoms with E-state index in [2.05, 4.69) is 79.9 Å². The summed E-state index contributed by atoms with van der Waals surface area (Å²) < 4.78 is 0. The van der Waals surface area contributed by atoms with Crippen LogP contribution in [-0.4, -0.2) is 35.2 Å². The monoisotopic (exact) mass is 327 g/mol. The van der Waals surface area contributed by atoms with Crippen molar-refractivity contribution in [2.24, 2.45) is 5.41 Å². The van der Waals surface area contributed by atoms with Gasteiger partial charge in [-0.25, -0.2) is 0 Å². The fraction of sp³-hybridized carbons (Fsp3) is 0.824. The molecule has 0 aromatic carbocycles. The van der Waals surface area contributed by atoms with Crippen molar-refractivity contribution in [3.05, 3.63) is 0 Å². The van der Waals surface area contributed by atoms with Gasteiger partial charge in [-0.3, -0.25) is 4.79 Å². The van der Waals surface area contributed by atoms with Crippen LogP contribution in [0.4, 0.5) is 4.79 Å². The quantitative estimate of drug-likeness (QED) is 0.519. The summed E-state index contributed by atoms with van der Waals surface area (Å²) in [7, 11) is -1.52. The van der Waals surface area contributed by atoms with Gasteiger partial charge in [0.1, 0.15) is 0 Å². The molecule has 0 fully saturated rings. The van der Waals surface area contributed by atoms with Crippen molar-refractivity contribution in [2.75, 3.05) is 0 Å². The summed E-state index contributed by atoms with van der Waals surface area (Å²) in [4.78, 5) is 14.7. The zero-order chi connectivity index (χ0) is 17.0. The number of carbonyl (C=O) groups is 1. The summed E-state index contributed by atoms with van der Waals surface area (Å²) in [5.41, 5.74) is -0.0166. The van der Waals surface area contributed by atoms with Gasteiger partial charge in [-0.1, -0.05) is 43.2 Å². The first-order valence-electron chi connectivity index (χ1n) is 7.77. The van der Waals surface area contributed by atoms with Crippen molar-refractivity contribution >= 4 is 25.1 Å². The Labute approximate surface area is 137 Å². The lowest BCUT2D eigenvalue weighted by molar-refractivity contribution is 0.190. The highest BCUT2D eigenvalue weighted by Crippen LogP contribution is 2.27. The molecule has 1 amide bonds. The van der Waals surface area contributed by atoms with Gasteiger partial charge in [-0.2, -0.15) is 0 Å². The SMILES string of the molecule is CC(C)N(C(=O)SC(C#CC(C)(C)C)[Si](C)(C)C)C(C)C. The Hall–Kier alpha value is -0.403. The second-order valence-corrected chi connectivity index (χ2v) is 15.0. The molecule has 1 unspecified atom stereocenters. The Morgan fingerprint density at radius 1 is 1.05 bits per heavy atom. The lowest BCUT2D eigenvalue weighted by Crippen LogP contribution is -2.43. The molecule has 0 aliphatic carbocycles. The first-order chi connectivity index (χ1) is 9.25. The molecule has 0 spiro atoms. The maximum absolute atomic E-state index is 12.7. The van der Waals surface area contributed by atoms with Gasteiger partial charge in [0, 0.05) is 17.5 Å². The number of carbonyl (C=O) groups excluding carboxylic acids is 1. The fourth-order valence-corrected chi connectivity index (χ4v) is 4.97. The van der Waals surface area contributed by atoms with Crippen LogP contribution in [0.1, 0.15) is 48.5 Å². The third-order valence-corrected chi connectivity index (χ3v) is 7.87. The number of hydrogen-bond acceptors (Lipinski definition) is 2.